The standard InChI is InChI=1S/C15H22Cl2N2/c1-2-19(13-6-4-12(18)5-7-13)10-11-3-8-14(16)15(17)9-11/h3,8-9,12-13H,2,4-7,10,18H2,1H3. The first kappa shape index (κ1) is 15.1. The van der Waals surface area contributed by atoms with Gasteiger partial charge in [0.25, 0.3) is 0 Å². The maximum atomic E-state index is 6.08. The Morgan fingerprint density at radius 2 is 1.84 bits per heavy atom. The smallest absolute Gasteiger partial charge is 0.0595 e. The Morgan fingerprint density at radius 3 is 2.42 bits per heavy atom. The van der Waals surface area contributed by atoms with E-state index in [2.05, 4.69) is 17.9 Å². The Balaban J connectivity index is 2.00. The molecule has 106 valence electrons. The monoisotopic (exact) mass is 300 g/mol. The molecular weight excluding hydrogens is 279 g/mol. The van der Waals surface area contributed by atoms with E-state index in [0.29, 0.717) is 22.1 Å². The average molecular weight is 301 g/mol. The maximum absolute atomic E-state index is 6.08. The van der Waals surface area contributed by atoms with Gasteiger partial charge in [-0.15, -0.1) is 0 Å². The molecule has 2 N–H and O–H groups in total. The first-order valence-corrected chi connectivity index (χ1v) is 7.79. The number of halogens is 2. The first-order chi connectivity index (χ1) is 9.10. The molecule has 1 saturated carbocycles. The van der Waals surface area contributed by atoms with Crippen LogP contribution in [0.25, 0.3) is 0 Å². The molecule has 4 heteroatoms. The summed E-state index contributed by atoms with van der Waals surface area (Å²) in [6, 6.07) is 6.97. The van der Waals surface area contributed by atoms with E-state index in [1.165, 1.54) is 18.4 Å². The molecule has 0 unspecified atom stereocenters. The highest BCUT2D eigenvalue weighted by Crippen LogP contribution is 2.26. The molecule has 0 heterocycles. The van der Waals surface area contributed by atoms with Crippen LogP contribution in [0.5, 0.6) is 0 Å². The summed E-state index contributed by atoms with van der Waals surface area (Å²) in [7, 11) is 0. The topological polar surface area (TPSA) is 29.3 Å². The van der Waals surface area contributed by atoms with Crippen LogP contribution < -0.4 is 5.73 Å². The van der Waals surface area contributed by atoms with Gasteiger partial charge < -0.3 is 5.73 Å². The van der Waals surface area contributed by atoms with E-state index in [1.54, 1.807) is 0 Å². The molecule has 0 spiro atoms. The second-order valence-corrected chi connectivity index (χ2v) is 6.19. The van der Waals surface area contributed by atoms with Gasteiger partial charge >= 0.3 is 0 Å². The van der Waals surface area contributed by atoms with Crippen LogP contribution in [0.4, 0.5) is 0 Å². The van der Waals surface area contributed by atoms with Crippen molar-refractivity contribution in [3.05, 3.63) is 33.8 Å². The number of nitrogens with zero attached hydrogens (tertiary/aromatic N) is 1. The molecule has 0 bridgehead atoms. The highest BCUT2D eigenvalue weighted by Gasteiger charge is 2.23. The van der Waals surface area contributed by atoms with Crippen molar-refractivity contribution < 1.29 is 0 Å². The molecule has 0 radical (unpaired) electrons. The third-order valence-corrected chi connectivity index (χ3v) is 4.77. The number of hydrogen-bond acceptors (Lipinski definition) is 2. The fourth-order valence-electron chi connectivity index (χ4n) is 2.84. The zero-order valence-corrected chi connectivity index (χ0v) is 12.9. The first-order valence-electron chi connectivity index (χ1n) is 7.03. The van der Waals surface area contributed by atoms with E-state index >= 15 is 0 Å². The molecule has 1 aliphatic rings. The molecule has 19 heavy (non-hydrogen) atoms. The van der Waals surface area contributed by atoms with E-state index in [1.807, 2.05) is 12.1 Å². The van der Waals surface area contributed by atoms with Crippen molar-refractivity contribution in [2.24, 2.45) is 5.73 Å². The molecule has 2 nitrogen and oxygen atoms in total. The van der Waals surface area contributed by atoms with Gasteiger partial charge in [0.15, 0.2) is 0 Å². The van der Waals surface area contributed by atoms with Crippen molar-refractivity contribution in [3.63, 3.8) is 0 Å². The molecule has 0 atom stereocenters. The summed E-state index contributed by atoms with van der Waals surface area (Å²) >= 11 is 12.0. The van der Waals surface area contributed by atoms with Gasteiger partial charge in [-0.25, -0.2) is 0 Å². The minimum Gasteiger partial charge on any atom is -0.328 e. The SMILES string of the molecule is CCN(Cc1ccc(Cl)c(Cl)c1)C1CCC(N)CC1. The van der Waals surface area contributed by atoms with E-state index in [-0.39, 0.29) is 0 Å². The molecule has 0 aromatic heterocycles. The minimum atomic E-state index is 0.403. The van der Waals surface area contributed by atoms with Crippen LogP contribution >= 0.6 is 23.2 Å². The number of hydrogen-bond donors (Lipinski definition) is 1. The van der Waals surface area contributed by atoms with Crippen molar-refractivity contribution in [1.82, 2.24) is 4.90 Å². The van der Waals surface area contributed by atoms with Gasteiger partial charge in [0.05, 0.1) is 10.0 Å². The molecule has 1 aromatic rings. The lowest BCUT2D eigenvalue weighted by molar-refractivity contribution is 0.149. The van der Waals surface area contributed by atoms with Crippen molar-refractivity contribution in [2.75, 3.05) is 6.54 Å². The van der Waals surface area contributed by atoms with Crippen molar-refractivity contribution in [3.8, 4) is 0 Å². The lowest BCUT2D eigenvalue weighted by Gasteiger charge is -2.35. The number of benzene rings is 1. The quantitative estimate of drug-likeness (QED) is 0.907. The predicted molar refractivity (Wildman–Crippen MR) is 82.8 cm³/mol. The van der Waals surface area contributed by atoms with Crippen molar-refractivity contribution >= 4 is 23.2 Å². The van der Waals surface area contributed by atoms with Crippen LogP contribution in [0.3, 0.4) is 0 Å². The van der Waals surface area contributed by atoms with Crippen LogP contribution in [0.1, 0.15) is 38.2 Å². The lowest BCUT2D eigenvalue weighted by Crippen LogP contribution is -2.40. The summed E-state index contributed by atoms with van der Waals surface area (Å²) in [5.74, 6) is 0. The second kappa shape index (κ2) is 6.94. The van der Waals surface area contributed by atoms with Crippen LogP contribution in [0, 0.1) is 0 Å². The molecule has 1 aliphatic carbocycles. The highest BCUT2D eigenvalue weighted by molar-refractivity contribution is 6.42. The van der Waals surface area contributed by atoms with Gasteiger partial charge in [-0.2, -0.15) is 0 Å². The van der Waals surface area contributed by atoms with Gasteiger partial charge in [0.1, 0.15) is 0 Å². The van der Waals surface area contributed by atoms with Gasteiger partial charge in [0.2, 0.25) is 0 Å². The molecule has 1 aromatic carbocycles. The Kier molecular flexibility index (Phi) is 5.52. The third kappa shape index (κ3) is 4.09. The molecule has 1 fully saturated rings. The molecule has 0 saturated heterocycles. The predicted octanol–water partition coefficient (Wildman–Crippen LogP) is 4.09. The summed E-state index contributed by atoms with van der Waals surface area (Å²) in [6.45, 7) is 4.21. The zero-order valence-electron chi connectivity index (χ0n) is 11.4. The maximum Gasteiger partial charge on any atom is 0.0595 e. The fourth-order valence-corrected chi connectivity index (χ4v) is 3.16. The Morgan fingerprint density at radius 1 is 1.16 bits per heavy atom. The second-order valence-electron chi connectivity index (χ2n) is 5.38. The molecule has 2 rings (SSSR count). The lowest BCUT2D eigenvalue weighted by atomic mass is 9.90. The molecular formula is C15H22Cl2N2. The minimum absolute atomic E-state index is 0.403. The van der Waals surface area contributed by atoms with Crippen LogP contribution in [-0.2, 0) is 6.54 Å². The van der Waals surface area contributed by atoms with Gasteiger partial charge in [-0.05, 0) is 49.9 Å². The Hall–Kier alpha value is -0.280. The Bertz CT molecular complexity index is 415. The number of rotatable bonds is 4. The van der Waals surface area contributed by atoms with Crippen LogP contribution in [0.15, 0.2) is 18.2 Å². The summed E-state index contributed by atoms with van der Waals surface area (Å²) in [4.78, 5) is 2.52. The van der Waals surface area contributed by atoms with Gasteiger partial charge in [0, 0.05) is 18.6 Å². The zero-order chi connectivity index (χ0) is 13.8. The summed E-state index contributed by atoms with van der Waals surface area (Å²) in [6.07, 6.45) is 4.69. The van der Waals surface area contributed by atoms with Gasteiger partial charge in [-0.3, -0.25) is 4.90 Å². The van der Waals surface area contributed by atoms with E-state index in [0.717, 1.165) is 25.9 Å². The van der Waals surface area contributed by atoms with Crippen molar-refractivity contribution in [1.29, 1.82) is 0 Å². The van der Waals surface area contributed by atoms with E-state index in [9.17, 15) is 0 Å². The largest absolute Gasteiger partial charge is 0.328 e. The van der Waals surface area contributed by atoms with Crippen LogP contribution in [-0.4, -0.2) is 23.5 Å². The third-order valence-electron chi connectivity index (χ3n) is 4.03. The highest BCUT2D eigenvalue weighted by atomic mass is 35.5. The summed E-state index contributed by atoms with van der Waals surface area (Å²) in [5.41, 5.74) is 7.20. The van der Waals surface area contributed by atoms with Crippen molar-refractivity contribution in [2.45, 2.75) is 51.2 Å². The van der Waals surface area contributed by atoms with E-state index < -0.39 is 0 Å². The van der Waals surface area contributed by atoms with Gasteiger partial charge in [-0.1, -0.05) is 36.2 Å². The van der Waals surface area contributed by atoms with Crippen LogP contribution in [0.2, 0.25) is 10.0 Å². The summed E-state index contributed by atoms with van der Waals surface area (Å²) in [5, 5.41) is 1.26. The molecule has 0 amide bonds. The number of nitrogens with two attached hydrogens (primary N) is 1. The normalized spacial score (nSPS) is 23.8. The van der Waals surface area contributed by atoms with E-state index in [4.69, 9.17) is 28.9 Å². The fraction of sp³-hybridized carbons (Fsp3) is 0.600. The Labute approximate surface area is 125 Å². The average Bonchev–Trinajstić information content (AvgIpc) is 2.41. The molecule has 0 aliphatic heterocycles. The summed E-state index contributed by atoms with van der Waals surface area (Å²) < 4.78 is 0.